The zero-order valence-electron chi connectivity index (χ0n) is 8.35. The summed E-state index contributed by atoms with van der Waals surface area (Å²) in [4.78, 5) is 24.4. The van der Waals surface area contributed by atoms with Crippen molar-refractivity contribution in [2.24, 2.45) is 11.8 Å². The molecule has 82 valence electrons. The fraction of sp³-hybridized carbons (Fsp3) is 0.600. The van der Waals surface area contributed by atoms with Crippen LogP contribution < -0.4 is 11.2 Å². The van der Waals surface area contributed by atoms with Gasteiger partial charge in [0.1, 0.15) is 0 Å². The van der Waals surface area contributed by atoms with Gasteiger partial charge in [-0.1, -0.05) is 0 Å². The van der Waals surface area contributed by atoms with Crippen LogP contribution in [0.25, 0.3) is 0 Å². The molecule has 1 aliphatic carbocycles. The number of rotatable bonds is 4. The molecule has 1 fully saturated rings. The first kappa shape index (κ1) is 10.2. The Morgan fingerprint density at radius 3 is 2.93 bits per heavy atom. The first-order chi connectivity index (χ1) is 7.20. The maximum absolute atomic E-state index is 11.3. The van der Waals surface area contributed by atoms with Crippen LogP contribution in [0, 0.1) is 11.8 Å². The molecule has 1 saturated carbocycles. The lowest BCUT2D eigenvalue weighted by Crippen LogP contribution is -2.29. The summed E-state index contributed by atoms with van der Waals surface area (Å²) in [5, 5.41) is 8.74. The van der Waals surface area contributed by atoms with Gasteiger partial charge in [0.15, 0.2) is 0 Å². The average Bonchev–Trinajstić information content (AvgIpc) is 2.90. The van der Waals surface area contributed by atoms with Crippen LogP contribution in [-0.4, -0.2) is 21.3 Å². The Kier molecular flexibility index (Phi) is 2.73. The molecular weight excluding hydrogens is 196 g/mol. The molecule has 0 bridgehead atoms. The summed E-state index contributed by atoms with van der Waals surface area (Å²) in [5.74, 6) is 1.01. The summed E-state index contributed by atoms with van der Waals surface area (Å²) in [5.41, 5.74) is -0.712. The topological polar surface area (TPSA) is 75.1 Å². The number of aliphatic hydroxyl groups is 1. The fourth-order valence-corrected chi connectivity index (χ4v) is 1.89. The molecular formula is C10H14N2O3. The molecule has 0 amide bonds. The summed E-state index contributed by atoms with van der Waals surface area (Å²) < 4.78 is 1.52. The zero-order valence-corrected chi connectivity index (χ0v) is 8.35. The highest BCUT2D eigenvalue weighted by molar-refractivity contribution is 4.89. The minimum Gasteiger partial charge on any atom is -0.396 e. The van der Waals surface area contributed by atoms with Crippen LogP contribution in [0.4, 0.5) is 0 Å². The average molecular weight is 210 g/mol. The standard InChI is InChI=1S/C10H14N2O3/c13-4-2-7-5-8(7)6-12-3-1-9(14)11-10(12)15/h1,3,7-8,13H,2,4-6H2,(H,11,14,15)/t7-,8-/m0/s1. The van der Waals surface area contributed by atoms with Gasteiger partial charge in [-0.2, -0.15) is 0 Å². The van der Waals surface area contributed by atoms with Gasteiger partial charge in [0.25, 0.3) is 5.56 Å². The number of nitrogens with one attached hydrogen (secondary N) is 1. The highest BCUT2D eigenvalue weighted by Gasteiger charge is 2.36. The van der Waals surface area contributed by atoms with Gasteiger partial charge in [0, 0.05) is 25.4 Å². The van der Waals surface area contributed by atoms with Crippen molar-refractivity contribution < 1.29 is 5.11 Å². The number of aromatic nitrogens is 2. The van der Waals surface area contributed by atoms with E-state index in [0.29, 0.717) is 18.4 Å². The Morgan fingerprint density at radius 1 is 1.47 bits per heavy atom. The van der Waals surface area contributed by atoms with Crippen LogP contribution in [-0.2, 0) is 6.54 Å². The van der Waals surface area contributed by atoms with Crippen molar-refractivity contribution in [3.8, 4) is 0 Å². The Bertz CT molecular complexity index is 448. The van der Waals surface area contributed by atoms with Crippen molar-refractivity contribution in [2.75, 3.05) is 6.61 Å². The smallest absolute Gasteiger partial charge is 0.328 e. The van der Waals surface area contributed by atoms with Gasteiger partial charge >= 0.3 is 5.69 Å². The monoisotopic (exact) mass is 210 g/mol. The Morgan fingerprint density at radius 2 is 2.27 bits per heavy atom. The van der Waals surface area contributed by atoms with Crippen LogP contribution in [0.15, 0.2) is 21.9 Å². The van der Waals surface area contributed by atoms with Crippen LogP contribution in [0.2, 0.25) is 0 Å². The zero-order chi connectivity index (χ0) is 10.8. The van der Waals surface area contributed by atoms with Crippen molar-refractivity contribution in [2.45, 2.75) is 19.4 Å². The van der Waals surface area contributed by atoms with Crippen molar-refractivity contribution in [1.82, 2.24) is 9.55 Å². The van der Waals surface area contributed by atoms with Crippen LogP contribution in [0.5, 0.6) is 0 Å². The summed E-state index contributed by atoms with van der Waals surface area (Å²) >= 11 is 0. The van der Waals surface area contributed by atoms with Crippen molar-refractivity contribution in [3.63, 3.8) is 0 Å². The van der Waals surface area contributed by atoms with E-state index >= 15 is 0 Å². The molecule has 0 radical (unpaired) electrons. The Hall–Kier alpha value is -1.36. The van der Waals surface area contributed by atoms with Crippen molar-refractivity contribution in [3.05, 3.63) is 33.1 Å². The SMILES string of the molecule is O=c1ccn(C[C@@H]2C[C@@H]2CCO)c(=O)[nH]1. The molecule has 0 spiro atoms. The summed E-state index contributed by atoms with van der Waals surface area (Å²) in [7, 11) is 0. The largest absolute Gasteiger partial charge is 0.396 e. The van der Waals surface area contributed by atoms with E-state index in [4.69, 9.17) is 5.11 Å². The number of hydrogen-bond donors (Lipinski definition) is 2. The van der Waals surface area contributed by atoms with Crippen molar-refractivity contribution in [1.29, 1.82) is 0 Å². The van der Waals surface area contributed by atoms with E-state index in [-0.39, 0.29) is 17.9 Å². The molecule has 0 saturated heterocycles. The quantitative estimate of drug-likeness (QED) is 0.707. The molecule has 1 heterocycles. The highest BCUT2D eigenvalue weighted by atomic mass is 16.3. The van der Waals surface area contributed by atoms with Crippen LogP contribution in [0.3, 0.4) is 0 Å². The van der Waals surface area contributed by atoms with Gasteiger partial charge in [-0.25, -0.2) is 4.79 Å². The second-order valence-electron chi connectivity index (χ2n) is 4.03. The van der Waals surface area contributed by atoms with Crippen LogP contribution >= 0.6 is 0 Å². The second kappa shape index (κ2) is 4.02. The van der Waals surface area contributed by atoms with E-state index in [2.05, 4.69) is 4.98 Å². The summed E-state index contributed by atoms with van der Waals surface area (Å²) in [6.07, 6.45) is 3.39. The number of aromatic amines is 1. The van der Waals surface area contributed by atoms with Gasteiger partial charge in [-0.05, 0) is 24.7 Å². The number of H-pyrrole nitrogens is 1. The lowest BCUT2D eigenvalue weighted by Gasteiger charge is -2.02. The van der Waals surface area contributed by atoms with E-state index in [1.807, 2.05) is 0 Å². The summed E-state index contributed by atoms with van der Waals surface area (Å²) in [6.45, 7) is 0.849. The predicted octanol–water partition coefficient (Wildman–Crippen LogP) is -0.445. The first-order valence-corrected chi connectivity index (χ1v) is 5.11. The van der Waals surface area contributed by atoms with Gasteiger partial charge in [0.05, 0.1) is 0 Å². The fourth-order valence-electron chi connectivity index (χ4n) is 1.89. The molecule has 1 aliphatic rings. The number of hydrogen-bond acceptors (Lipinski definition) is 3. The third kappa shape index (κ3) is 2.36. The van der Waals surface area contributed by atoms with Crippen molar-refractivity contribution >= 4 is 0 Å². The Labute approximate surface area is 86.4 Å². The van der Waals surface area contributed by atoms with Gasteiger partial charge in [-0.3, -0.25) is 9.78 Å². The molecule has 2 N–H and O–H groups in total. The predicted molar refractivity (Wildman–Crippen MR) is 54.6 cm³/mol. The minimum atomic E-state index is -0.362. The van der Waals surface area contributed by atoms with Gasteiger partial charge in [0.2, 0.25) is 0 Å². The first-order valence-electron chi connectivity index (χ1n) is 5.11. The molecule has 2 atom stereocenters. The lowest BCUT2D eigenvalue weighted by atomic mass is 10.2. The molecule has 0 aromatic carbocycles. The van der Waals surface area contributed by atoms with E-state index < -0.39 is 0 Å². The number of aliphatic hydroxyl groups excluding tert-OH is 1. The molecule has 0 unspecified atom stereocenters. The van der Waals surface area contributed by atoms with E-state index in [1.54, 1.807) is 0 Å². The van der Waals surface area contributed by atoms with Gasteiger partial charge in [-0.15, -0.1) is 0 Å². The molecule has 0 aliphatic heterocycles. The second-order valence-corrected chi connectivity index (χ2v) is 4.03. The lowest BCUT2D eigenvalue weighted by molar-refractivity contribution is 0.275. The molecule has 5 nitrogen and oxygen atoms in total. The third-order valence-corrected chi connectivity index (χ3v) is 2.90. The van der Waals surface area contributed by atoms with E-state index in [1.165, 1.54) is 16.8 Å². The minimum absolute atomic E-state index is 0.210. The number of nitrogens with zero attached hydrogens (tertiary/aromatic N) is 1. The molecule has 2 rings (SSSR count). The third-order valence-electron chi connectivity index (χ3n) is 2.90. The van der Waals surface area contributed by atoms with E-state index in [9.17, 15) is 9.59 Å². The summed E-state index contributed by atoms with van der Waals surface area (Å²) in [6, 6.07) is 1.35. The van der Waals surface area contributed by atoms with E-state index in [0.717, 1.165) is 12.8 Å². The maximum atomic E-state index is 11.3. The molecule has 1 aromatic rings. The van der Waals surface area contributed by atoms with Crippen LogP contribution in [0.1, 0.15) is 12.8 Å². The maximum Gasteiger partial charge on any atom is 0.328 e. The molecule has 1 aromatic heterocycles. The normalized spacial score (nSPS) is 24.1. The molecule has 15 heavy (non-hydrogen) atoms. The highest BCUT2D eigenvalue weighted by Crippen LogP contribution is 2.41. The van der Waals surface area contributed by atoms with Gasteiger partial charge < -0.3 is 9.67 Å². The Balaban J connectivity index is 2.01. The molecule has 5 heteroatoms.